The maximum absolute atomic E-state index is 13.2. The van der Waals surface area contributed by atoms with Crippen LogP contribution in [0.25, 0.3) is 11.1 Å². The minimum Gasteiger partial charge on any atom is -0.508 e. The van der Waals surface area contributed by atoms with E-state index in [0.717, 1.165) is 12.1 Å². The summed E-state index contributed by atoms with van der Waals surface area (Å²) in [6.07, 6.45) is -2.06. The molecule has 2 aliphatic rings. The van der Waals surface area contributed by atoms with E-state index in [-0.39, 0.29) is 58.1 Å². The summed E-state index contributed by atoms with van der Waals surface area (Å²) in [5.41, 5.74) is 0.139. The number of aromatic hydroxyl groups is 6. The van der Waals surface area contributed by atoms with Gasteiger partial charge in [0, 0.05) is 12.1 Å². The fraction of sp³-hybridized carbons (Fsp3) is 0.133. The first-order valence-corrected chi connectivity index (χ1v) is 12.3. The Labute approximate surface area is 226 Å². The van der Waals surface area contributed by atoms with Crippen LogP contribution < -0.4 is 9.47 Å². The average Bonchev–Trinajstić information content (AvgIpc) is 2.90. The Morgan fingerprint density at radius 3 is 1.18 bits per heavy atom. The van der Waals surface area contributed by atoms with E-state index in [1.807, 2.05) is 0 Å². The Bertz CT molecular complexity index is 1560. The summed E-state index contributed by atoms with van der Waals surface area (Å²) in [7, 11) is 0. The zero-order valence-corrected chi connectivity index (χ0v) is 20.7. The molecule has 0 bridgehead atoms. The summed E-state index contributed by atoms with van der Waals surface area (Å²) in [6.45, 7) is 0. The van der Waals surface area contributed by atoms with Crippen LogP contribution in [0.1, 0.15) is 56.9 Å². The molecule has 10 heteroatoms. The number of carbonyl (C=O) groups excluding carboxylic acids is 2. The second kappa shape index (κ2) is 9.12. The van der Waals surface area contributed by atoms with Gasteiger partial charge in [0.05, 0.1) is 24.0 Å². The Kier molecular flexibility index (Phi) is 5.69. The predicted octanol–water partition coefficient (Wildman–Crippen LogP) is 5.00. The van der Waals surface area contributed by atoms with Gasteiger partial charge in [-0.25, -0.2) is 0 Å². The highest BCUT2D eigenvalue weighted by atomic mass is 16.5. The van der Waals surface area contributed by atoms with Gasteiger partial charge in [0.2, 0.25) is 0 Å². The second-order valence-corrected chi connectivity index (χ2v) is 9.64. The van der Waals surface area contributed by atoms with Gasteiger partial charge in [-0.05, 0) is 35.4 Å². The molecule has 2 heterocycles. The van der Waals surface area contributed by atoms with Gasteiger partial charge in [-0.15, -0.1) is 0 Å². The van der Waals surface area contributed by atoms with Crippen LogP contribution in [-0.2, 0) is 0 Å². The largest absolute Gasteiger partial charge is 0.508 e. The smallest absolute Gasteiger partial charge is 0.174 e. The fourth-order valence-electron chi connectivity index (χ4n) is 5.18. The molecule has 0 fully saturated rings. The van der Waals surface area contributed by atoms with E-state index in [1.165, 1.54) is 24.3 Å². The van der Waals surface area contributed by atoms with Crippen LogP contribution in [0.4, 0.5) is 0 Å². The number of hydrogen-bond acceptors (Lipinski definition) is 10. The van der Waals surface area contributed by atoms with Crippen molar-refractivity contribution in [2.45, 2.75) is 25.0 Å². The third kappa shape index (κ3) is 3.97. The number of phenols is 6. The number of ether oxygens (including phenoxy) is 2. The van der Waals surface area contributed by atoms with Crippen molar-refractivity contribution in [1.82, 2.24) is 0 Å². The van der Waals surface area contributed by atoms with Crippen molar-refractivity contribution < 1.29 is 49.7 Å². The molecule has 6 rings (SSSR count). The minimum absolute atomic E-state index is 0.00732. The zero-order chi connectivity index (χ0) is 28.3. The van der Waals surface area contributed by atoms with Crippen molar-refractivity contribution in [3.63, 3.8) is 0 Å². The maximum Gasteiger partial charge on any atom is 0.174 e. The van der Waals surface area contributed by atoms with Gasteiger partial charge in [-0.1, -0.05) is 24.3 Å². The van der Waals surface area contributed by atoms with Crippen LogP contribution in [0.2, 0.25) is 0 Å². The normalized spacial score (nSPS) is 17.9. The lowest BCUT2D eigenvalue weighted by Gasteiger charge is -2.31. The van der Waals surface area contributed by atoms with Crippen molar-refractivity contribution in [2.75, 3.05) is 0 Å². The highest BCUT2D eigenvalue weighted by Crippen LogP contribution is 2.57. The van der Waals surface area contributed by atoms with Gasteiger partial charge >= 0.3 is 0 Å². The summed E-state index contributed by atoms with van der Waals surface area (Å²) in [5, 5.41) is 62.5. The van der Waals surface area contributed by atoms with E-state index in [1.54, 1.807) is 24.3 Å². The molecule has 2 aliphatic heterocycles. The summed E-state index contributed by atoms with van der Waals surface area (Å²) >= 11 is 0. The molecular weight excluding hydrogens is 520 g/mol. The van der Waals surface area contributed by atoms with Gasteiger partial charge in [0.15, 0.2) is 11.6 Å². The van der Waals surface area contributed by atoms with Crippen molar-refractivity contribution in [3.8, 4) is 57.1 Å². The SMILES string of the molecule is O=C1C[C@H](c2ccc(O)cc2)Oc2c1c(O)cc(O)c2-c1c(O)cc(O)c2c1O[C@@H](c1ccc(O)cc1)CC2=O. The average molecular weight is 542 g/mol. The summed E-state index contributed by atoms with van der Waals surface area (Å²) in [5.74, 6) is -3.76. The number of benzene rings is 4. The summed E-state index contributed by atoms with van der Waals surface area (Å²) in [6, 6.07) is 13.8. The Morgan fingerprint density at radius 1 is 0.500 bits per heavy atom. The number of phenolic OH excluding ortho intramolecular Hbond substituents is 6. The molecule has 4 aromatic carbocycles. The van der Waals surface area contributed by atoms with Crippen molar-refractivity contribution in [1.29, 1.82) is 0 Å². The third-order valence-electron chi connectivity index (χ3n) is 7.08. The molecule has 0 saturated heterocycles. The van der Waals surface area contributed by atoms with E-state index in [9.17, 15) is 40.2 Å². The predicted molar refractivity (Wildman–Crippen MR) is 139 cm³/mol. The first-order valence-electron chi connectivity index (χ1n) is 12.3. The Balaban J connectivity index is 1.56. The summed E-state index contributed by atoms with van der Waals surface area (Å²) in [4.78, 5) is 26.4. The lowest BCUT2D eigenvalue weighted by molar-refractivity contribution is 0.0831. The molecular formula is C30H22O10. The standard InChI is InChI=1S/C30H22O10/c31-15-5-1-13(2-6-15)23-11-21(37)25-17(33)9-19(35)27(29(25)39-23)28-20(36)10-18(34)26-22(38)12-24(40-30(26)28)14-3-7-16(32)8-4-14/h1-10,23-24,31-36H,11-12H2/t23-,24-/m1/s1. The van der Waals surface area contributed by atoms with E-state index in [2.05, 4.69) is 0 Å². The highest BCUT2D eigenvalue weighted by Gasteiger charge is 2.39. The van der Waals surface area contributed by atoms with Gasteiger partial charge in [0.25, 0.3) is 0 Å². The number of hydrogen-bond donors (Lipinski definition) is 6. The van der Waals surface area contributed by atoms with Gasteiger partial charge in [-0.3, -0.25) is 9.59 Å². The Morgan fingerprint density at radius 2 is 0.825 bits per heavy atom. The molecule has 0 aliphatic carbocycles. The molecule has 0 aromatic heterocycles. The molecule has 4 aromatic rings. The third-order valence-corrected chi connectivity index (χ3v) is 7.08. The van der Waals surface area contributed by atoms with Crippen LogP contribution in [0, 0.1) is 0 Å². The van der Waals surface area contributed by atoms with Crippen LogP contribution >= 0.6 is 0 Å². The number of Topliss-reactive ketones (excluding diaryl/α,β-unsaturated/α-hetero) is 2. The van der Waals surface area contributed by atoms with E-state index in [4.69, 9.17) is 9.47 Å². The van der Waals surface area contributed by atoms with Crippen molar-refractivity contribution in [3.05, 3.63) is 82.9 Å². The molecule has 0 spiro atoms. The monoisotopic (exact) mass is 542 g/mol. The fourth-order valence-corrected chi connectivity index (χ4v) is 5.18. The van der Waals surface area contributed by atoms with Gasteiger partial charge < -0.3 is 40.1 Å². The lowest BCUT2D eigenvalue weighted by atomic mass is 9.87. The molecule has 6 N–H and O–H groups in total. The first kappa shape index (κ1) is 24.9. The number of fused-ring (bicyclic) bond motifs is 2. The molecule has 0 amide bonds. The topological polar surface area (TPSA) is 174 Å². The zero-order valence-electron chi connectivity index (χ0n) is 20.7. The molecule has 0 unspecified atom stereocenters. The van der Waals surface area contributed by atoms with E-state index in [0.29, 0.717) is 11.1 Å². The molecule has 202 valence electrons. The van der Waals surface area contributed by atoms with Crippen molar-refractivity contribution in [2.24, 2.45) is 0 Å². The van der Waals surface area contributed by atoms with Crippen LogP contribution in [0.15, 0.2) is 60.7 Å². The van der Waals surface area contributed by atoms with Gasteiger partial charge in [-0.2, -0.15) is 0 Å². The quantitative estimate of drug-likeness (QED) is 0.207. The van der Waals surface area contributed by atoms with E-state index < -0.39 is 46.8 Å². The lowest BCUT2D eigenvalue weighted by Crippen LogP contribution is -2.22. The molecule has 40 heavy (non-hydrogen) atoms. The molecule has 10 nitrogen and oxygen atoms in total. The van der Waals surface area contributed by atoms with Crippen LogP contribution in [0.3, 0.4) is 0 Å². The minimum atomic E-state index is -0.872. The molecule has 0 radical (unpaired) electrons. The number of rotatable bonds is 3. The summed E-state index contributed by atoms with van der Waals surface area (Å²) < 4.78 is 12.3. The second-order valence-electron chi connectivity index (χ2n) is 9.64. The van der Waals surface area contributed by atoms with Crippen molar-refractivity contribution >= 4 is 11.6 Å². The highest BCUT2D eigenvalue weighted by molar-refractivity contribution is 6.09. The Hall–Kier alpha value is -5.38. The van der Waals surface area contributed by atoms with Crippen LogP contribution in [-0.4, -0.2) is 42.2 Å². The van der Waals surface area contributed by atoms with E-state index >= 15 is 0 Å². The molecule has 2 atom stereocenters. The van der Waals surface area contributed by atoms with Crippen LogP contribution in [0.5, 0.6) is 46.0 Å². The van der Waals surface area contributed by atoms with Gasteiger partial charge in [0.1, 0.15) is 69.3 Å². The number of carbonyl (C=O) groups is 2. The number of ketones is 2. The first-order chi connectivity index (χ1) is 19.1. The molecule has 0 saturated carbocycles. The maximum atomic E-state index is 13.2.